The number of aryl methyl sites for hydroxylation is 1. The minimum absolute atomic E-state index is 0.167. The van der Waals surface area contributed by atoms with E-state index in [9.17, 15) is 4.79 Å². The van der Waals surface area contributed by atoms with Crippen molar-refractivity contribution >= 4 is 23.0 Å². The number of hydrogen-bond acceptors (Lipinski definition) is 5. The summed E-state index contributed by atoms with van der Waals surface area (Å²) in [6, 6.07) is 11.9. The number of unbranched alkanes of at least 4 members (excludes halogenated alkanes) is 3. The van der Waals surface area contributed by atoms with Gasteiger partial charge in [-0.15, -0.1) is 11.3 Å². The number of rotatable bonds is 10. The average Bonchev–Trinajstić information content (AvgIpc) is 3.30. The lowest BCUT2D eigenvalue weighted by Gasteiger charge is -2.08. The fourth-order valence-corrected chi connectivity index (χ4v) is 3.80. The van der Waals surface area contributed by atoms with Crippen molar-refractivity contribution in [3.8, 4) is 5.75 Å². The fraction of sp³-hybridized carbons (Fsp3) is 0.455. The molecule has 0 bridgehead atoms. The van der Waals surface area contributed by atoms with Gasteiger partial charge in [-0.3, -0.25) is 4.79 Å². The number of ether oxygens (including phenoxy) is 2. The zero-order chi connectivity index (χ0) is 19.1. The molecule has 0 saturated heterocycles. The first kappa shape index (κ1) is 19.6. The zero-order valence-electron chi connectivity index (χ0n) is 16.1. The lowest BCUT2D eigenvalue weighted by molar-refractivity contribution is 0.0983. The Morgan fingerprint density at radius 3 is 2.59 bits per heavy atom. The van der Waals surface area contributed by atoms with E-state index < -0.39 is 0 Å². The maximum Gasteiger partial charge on any atom is 0.216 e. The van der Waals surface area contributed by atoms with Crippen LogP contribution in [0.3, 0.4) is 0 Å². The van der Waals surface area contributed by atoms with Crippen molar-refractivity contribution < 1.29 is 14.3 Å². The van der Waals surface area contributed by atoms with Gasteiger partial charge in [0, 0.05) is 16.9 Å². The van der Waals surface area contributed by atoms with E-state index >= 15 is 0 Å². The van der Waals surface area contributed by atoms with Crippen molar-refractivity contribution in [1.29, 1.82) is 0 Å². The van der Waals surface area contributed by atoms with Crippen LogP contribution in [-0.2, 0) is 4.74 Å². The summed E-state index contributed by atoms with van der Waals surface area (Å²) in [5.74, 6) is 1.87. The molecular weight excluding hydrogens is 358 g/mol. The van der Waals surface area contributed by atoms with Gasteiger partial charge >= 0.3 is 0 Å². The molecule has 0 aliphatic carbocycles. The van der Waals surface area contributed by atoms with Gasteiger partial charge < -0.3 is 9.47 Å². The van der Waals surface area contributed by atoms with Gasteiger partial charge in [-0.2, -0.15) is 0 Å². The number of hydrogen-bond donors (Lipinski definition) is 0. The second kappa shape index (κ2) is 9.70. The van der Waals surface area contributed by atoms with Crippen molar-refractivity contribution in [2.24, 2.45) is 4.99 Å². The van der Waals surface area contributed by atoms with Gasteiger partial charge in [0.15, 0.2) is 5.78 Å². The summed E-state index contributed by atoms with van der Waals surface area (Å²) in [4.78, 5) is 18.5. The molecule has 0 N–H and O–H groups in total. The van der Waals surface area contributed by atoms with Gasteiger partial charge in [0.1, 0.15) is 11.9 Å². The van der Waals surface area contributed by atoms with Crippen LogP contribution in [-0.4, -0.2) is 30.9 Å². The maximum absolute atomic E-state index is 12.0. The van der Waals surface area contributed by atoms with Gasteiger partial charge in [-0.1, -0.05) is 12.8 Å². The number of nitrogens with zero attached hydrogens (tertiary/aromatic N) is 1. The molecule has 144 valence electrons. The van der Waals surface area contributed by atoms with Crippen LogP contribution >= 0.6 is 11.3 Å². The van der Waals surface area contributed by atoms with Crippen LogP contribution in [0.4, 0.5) is 0 Å². The normalized spacial score (nSPS) is 16.1. The SMILES string of the molecule is Cc1ccc(C(=O)CCCCCCOc2ccc(C3=NC[C@@H](C)O3)cc2)s1. The summed E-state index contributed by atoms with van der Waals surface area (Å²) < 4.78 is 11.5. The first-order chi connectivity index (χ1) is 13.1. The second-order valence-corrected chi connectivity index (χ2v) is 8.23. The number of carbonyl (C=O) groups excluding carboxylic acids is 1. The van der Waals surface area contributed by atoms with E-state index in [4.69, 9.17) is 9.47 Å². The standard InChI is InChI=1S/C22H27NO3S/c1-16-15-23-22(26-16)18-9-11-19(12-10-18)25-14-6-4-3-5-7-20(24)21-13-8-17(2)27-21/h8-13,16H,3-7,14-15H2,1-2H3/t16-/m1/s1. The molecule has 0 unspecified atom stereocenters. The molecule has 27 heavy (non-hydrogen) atoms. The van der Waals surface area contributed by atoms with Crippen LogP contribution < -0.4 is 4.74 Å². The van der Waals surface area contributed by atoms with Crippen molar-refractivity contribution in [1.82, 2.24) is 0 Å². The molecule has 0 amide bonds. The summed E-state index contributed by atoms with van der Waals surface area (Å²) in [5, 5.41) is 0. The molecule has 0 spiro atoms. The van der Waals surface area contributed by atoms with Crippen LogP contribution in [0.5, 0.6) is 5.75 Å². The molecule has 0 saturated carbocycles. The van der Waals surface area contributed by atoms with Gasteiger partial charge in [0.25, 0.3) is 0 Å². The highest BCUT2D eigenvalue weighted by Crippen LogP contribution is 2.19. The zero-order valence-corrected chi connectivity index (χ0v) is 16.9. The van der Waals surface area contributed by atoms with Crippen LogP contribution in [0.2, 0.25) is 0 Å². The highest BCUT2D eigenvalue weighted by Gasteiger charge is 2.16. The Morgan fingerprint density at radius 2 is 1.93 bits per heavy atom. The number of aliphatic imine (C=N–C) groups is 1. The van der Waals surface area contributed by atoms with Crippen LogP contribution in [0.15, 0.2) is 41.4 Å². The molecule has 4 nitrogen and oxygen atoms in total. The van der Waals surface area contributed by atoms with E-state index in [1.807, 2.05) is 50.2 Å². The van der Waals surface area contributed by atoms with Gasteiger partial charge in [0.05, 0.1) is 18.0 Å². The molecule has 0 fully saturated rings. The molecule has 1 aromatic heterocycles. The highest BCUT2D eigenvalue weighted by molar-refractivity contribution is 7.14. The van der Waals surface area contributed by atoms with E-state index in [-0.39, 0.29) is 11.9 Å². The minimum atomic E-state index is 0.167. The van der Waals surface area contributed by atoms with E-state index in [1.165, 1.54) is 4.88 Å². The van der Waals surface area contributed by atoms with E-state index in [0.717, 1.165) is 54.3 Å². The monoisotopic (exact) mass is 385 g/mol. The predicted octanol–water partition coefficient (Wildman–Crippen LogP) is 5.43. The first-order valence-corrected chi connectivity index (χ1v) is 10.5. The van der Waals surface area contributed by atoms with Crippen LogP contribution in [0.1, 0.15) is 59.1 Å². The number of Topliss-reactive ketones (excluding diaryl/α,β-unsaturated/α-hetero) is 1. The predicted molar refractivity (Wildman–Crippen MR) is 110 cm³/mol. The lowest BCUT2D eigenvalue weighted by Crippen LogP contribution is -2.08. The van der Waals surface area contributed by atoms with E-state index in [0.29, 0.717) is 13.0 Å². The molecule has 1 aliphatic heterocycles. The van der Waals surface area contributed by atoms with Crippen LogP contribution in [0, 0.1) is 6.92 Å². The molecule has 0 radical (unpaired) electrons. The Bertz CT molecular complexity index is 779. The van der Waals surface area contributed by atoms with Crippen molar-refractivity contribution in [2.45, 2.75) is 52.1 Å². The minimum Gasteiger partial charge on any atom is -0.494 e. The second-order valence-electron chi connectivity index (χ2n) is 6.94. The number of benzene rings is 1. The molecule has 1 atom stereocenters. The Balaban J connectivity index is 1.27. The largest absolute Gasteiger partial charge is 0.494 e. The maximum atomic E-state index is 12.0. The quantitative estimate of drug-likeness (QED) is 0.404. The molecule has 3 rings (SSSR count). The topological polar surface area (TPSA) is 47.9 Å². The fourth-order valence-electron chi connectivity index (χ4n) is 2.97. The first-order valence-electron chi connectivity index (χ1n) is 9.66. The molecule has 1 aromatic carbocycles. The van der Waals surface area contributed by atoms with E-state index in [1.54, 1.807) is 11.3 Å². The Kier molecular flexibility index (Phi) is 7.04. The number of carbonyl (C=O) groups is 1. The summed E-state index contributed by atoms with van der Waals surface area (Å²) >= 11 is 1.59. The summed E-state index contributed by atoms with van der Waals surface area (Å²) in [7, 11) is 0. The average molecular weight is 386 g/mol. The van der Waals surface area contributed by atoms with E-state index in [2.05, 4.69) is 4.99 Å². The van der Waals surface area contributed by atoms with Gasteiger partial charge in [0.2, 0.25) is 5.90 Å². The molecule has 2 aromatic rings. The Labute approximate surface area is 165 Å². The summed E-state index contributed by atoms with van der Waals surface area (Å²) in [5.41, 5.74) is 0.998. The number of ketones is 1. The third kappa shape index (κ3) is 5.93. The lowest BCUT2D eigenvalue weighted by atomic mass is 10.1. The third-order valence-electron chi connectivity index (χ3n) is 4.49. The molecule has 2 heterocycles. The highest BCUT2D eigenvalue weighted by atomic mass is 32.1. The Morgan fingerprint density at radius 1 is 1.15 bits per heavy atom. The van der Waals surface area contributed by atoms with Crippen LogP contribution in [0.25, 0.3) is 0 Å². The van der Waals surface area contributed by atoms with Crippen molar-refractivity contribution in [3.63, 3.8) is 0 Å². The van der Waals surface area contributed by atoms with Crippen molar-refractivity contribution in [3.05, 3.63) is 51.7 Å². The molecule has 1 aliphatic rings. The molecular formula is C22H27NO3S. The van der Waals surface area contributed by atoms with Gasteiger partial charge in [-0.05, 0) is 63.1 Å². The van der Waals surface area contributed by atoms with Gasteiger partial charge in [-0.25, -0.2) is 4.99 Å². The third-order valence-corrected chi connectivity index (χ3v) is 5.53. The smallest absolute Gasteiger partial charge is 0.216 e. The van der Waals surface area contributed by atoms with Crippen molar-refractivity contribution in [2.75, 3.05) is 13.2 Å². The number of thiophene rings is 1. The summed E-state index contributed by atoms with van der Waals surface area (Å²) in [6.45, 7) is 5.48. The Hall–Kier alpha value is -2.14. The summed E-state index contributed by atoms with van der Waals surface area (Å²) in [6.07, 6.45) is 4.91. The molecule has 5 heteroatoms.